The molecule has 5 nitrogen and oxygen atoms in total. The lowest BCUT2D eigenvalue weighted by atomic mass is 9.97. The zero-order valence-electron chi connectivity index (χ0n) is 11.4. The Morgan fingerprint density at radius 2 is 1.95 bits per heavy atom. The molecule has 19 heavy (non-hydrogen) atoms. The Hall–Kier alpha value is -2.04. The SMILES string of the molecule is COc1ccccc1C(=O)NC(C)(C)CCC(=O)O. The molecule has 1 rings (SSSR count). The van der Waals surface area contributed by atoms with Gasteiger partial charge in [0.1, 0.15) is 5.75 Å². The summed E-state index contributed by atoms with van der Waals surface area (Å²) in [6.45, 7) is 3.59. The maximum absolute atomic E-state index is 12.1. The van der Waals surface area contributed by atoms with Crippen LogP contribution in [-0.2, 0) is 4.79 Å². The molecule has 5 heteroatoms. The Labute approximate surface area is 112 Å². The highest BCUT2D eigenvalue weighted by molar-refractivity contribution is 5.97. The van der Waals surface area contributed by atoms with Gasteiger partial charge in [0.2, 0.25) is 0 Å². The number of hydrogen-bond acceptors (Lipinski definition) is 3. The number of carbonyl (C=O) groups is 2. The van der Waals surface area contributed by atoms with Crippen LogP contribution in [0.3, 0.4) is 0 Å². The second-order valence-electron chi connectivity index (χ2n) is 4.93. The number of para-hydroxylation sites is 1. The predicted octanol–water partition coefficient (Wildman–Crippen LogP) is 2.07. The summed E-state index contributed by atoms with van der Waals surface area (Å²) in [4.78, 5) is 22.7. The molecule has 1 aromatic rings. The summed E-state index contributed by atoms with van der Waals surface area (Å²) in [5.41, 5.74) is -0.149. The van der Waals surface area contributed by atoms with Gasteiger partial charge in [-0.3, -0.25) is 9.59 Å². The van der Waals surface area contributed by atoms with Crippen LogP contribution >= 0.6 is 0 Å². The average Bonchev–Trinajstić information content (AvgIpc) is 2.36. The summed E-state index contributed by atoms with van der Waals surface area (Å²) < 4.78 is 5.12. The zero-order chi connectivity index (χ0) is 14.5. The van der Waals surface area contributed by atoms with Crippen LogP contribution in [0.4, 0.5) is 0 Å². The number of carboxylic acids is 1. The van der Waals surface area contributed by atoms with Crippen molar-refractivity contribution < 1.29 is 19.4 Å². The minimum absolute atomic E-state index is 0.0131. The Morgan fingerprint density at radius 3 is 2.53 bits per heavy atom. The molecule has 0 heterocycles. The van der Waals surface area contributed by atoms with E-state index in [2.05, 4.69) is 5.32 Å². The van der Waals surface area contributed by atoms with Gasteiger partial charge in [-0.05, 0) is 32.4 Å². The molecule has 2 N–H and O–H groups in total. The highest BCUT2D eigenvalue weighted by atomic mass is 16.5. The van der Waals surface area contributed by atoms with Crippen LogP contribution in [0.25, 0.3) is 0 Å². The molecule has 0 saturated carbocycles. The van der Waals surface area contributed by atoms with Crippen LogP contribution in [0.2, 0.25) is 0 Å². The Balaban J connectivity index is 2.75. The summed E-state index contributed by atoms with van der Waals surface area (Å²) >= 11 is 0. The molecule has 0 aliphatic carbocycles. The number of carbonyl (C=O) groups excluding carboxylic acids is 1. The lowest BCUT2D eigenvalue weighted by Crippen LogP contribution is -2.43. The maximum atomic E-state index is 12.1. The number of carboxylic acid groups (broad SMARTS) is 1. The van der Waals surface area contributed by atoms with Crippen molar-refractivity contribution in [2.75, 3.05) is 7.11 Å². The van der Waals surface area contributed by atoms with E-state index in [0.717, 1.165) is 0 Å². The molecule has 0 aromatic heterocycles. The number of ether oxygens (including phenoxy) is 1. The second kappa shape index (κ2) is 6.22. The van der Waals surface area contributed by atoms with Gasteiger partial charge in [-0.1, -0.05) is 12.1 Å². The minimum atomic E-state index is -0.875. The van der Waals surface area contributed by atoms with Gasteiger partial charge in [0.15, 0.2) is 0 Å². The Bertz CT molecular complexity index is 468. The van der Waals surface area contributed by atoms with Crippen LogP contribution in [0, 0.1) is 0 Å². The van der Waals surface area contributed by atoms with Crippen LogP contribution < -0.4 is 10.1 Å². The molecule has 0 aliphatic heterocycles. The first-order valence-electron chi connectivity index (χ1n) is 6.03. The lowest BCUT2D eigenvalue weighted by Gasteiger charge is -2.26. The molecule has 0 aliphatic rings. The lowest BCUT2D eigenvalue weighted by molar-refractivity contribution is -0.137. The first kappa shape index (κ1) is 15.0. The molecule has 0 saturated heterocycles. The summed E-state index contributed by atoms with van der Waals surface area (Å²) in [5, 5.41) is 11.5. The molecule has 0 unspecified atom stereocenters. The average molecular weight is 265 g/mol. The van der Waals surface area contributed by atoms with Gasteiger partial charge in [-0.2, -0.15) is 0 Å². The summed E-state index contributed by atoms with van der Waals surface area (Å²) in [5.74, 6) is -0.651. The van der Waals surface area contributed by atoms with E-state index in [-0.39, 0.29) is 12.3 Å². The molecule has 0 fully saturated rings. The van der Waals surface area contributed by atoms with Crippen molar-refractivity contribution in [2.24, 2.45) is 0 Å². The minimum Gasteiger partial charge on any atom is -0.496 e. The smallest absolute Gasteiger partial charge is 0.303 e. The Kier molecular flexibility index (Phi) is 4.92. The second-order valence-corrected chi connectivity index (χ2v) is 4.93. The third kappa shape index (κ3) is 4.62. The fourth-order valence-corrected chi connectivity index (χ4v) is 1.69. The van der Waals surface area contributed by atoms with Crippen LogP contribution in [0.1, 0.15) is 37.0 Å². The predicted molar refractivity (Wildman–Crippen MR) is 71.4 cm³/mol. The zero-order valence-corrected chi connectivity index (χ0v) is 11.4. The first-order chi connectivity index (χ1) is 8.85. The molecular weight excluding hydrogens is 246 g/mol. The van der Waals surface area contributed by atoms with E-state index in [9.17, 15) is 9.59 Å². The Morgan fingerprint density at radius 1 is 1.32 bits per heavy atom. The number of hydrogen-bond donors (Lipinski definition) is 2. The van der Waals surface area contributed by atoms with E-state index in [1.807, 2.05) is 0 Å². The summed E-state index contributed by atoms with van der Waals surface area (Å²) in [6, 6.07) is 6.91. The van der Waals surface area contributed by atoms with E-state index in [4.69, 9.17) is 9.84 Å². The van der Waals surface area contributed by atoms with Gasteiger partial charge in [0, 0.05) is 12.0 Å². The van der Waals surface area contributed by atoms with Crippen molar-refractivity contribution in [2.45, 2.75) is 32.2 Å². The van der Waals surface area contributed by atoms with Gasteiger partial charge in [-0.15, -0.1) is 0 Å². The molecule has 104 valence electrons. The first-order valence-corrected chi connectivity index (χ1v) is 6.03. The summed E-state index contributed by atoms with van der Waals surface area (Å²) in [7, 11) is 1.50. The number of amides is 1. The van der Waals surface area contributed by atoms with Crippen LogP contribution in [0.15, 0.2) is 24.3 Å². The van der Waals surface area contributed by atoms with E-state index < -0.39 is 11.5 Å². The topological polar surface area (TPSA) is 75.6 Å². The maximum Gasteiger partial charge on any atom is 0.303 e. The fourth-order valence-electron chi connectivity index (χ4n) is 1.69. The largest absolute Gasteiger partial charge is 0.496 e. The van der Waals surface area contributed by atoms with Gasteiger partial charge in [0.05, 0.1) is 12.7 Å². The molecule has 0 radical (unpaired) electrons. The van der Waals surface area contributed by atoms with Gasteiger partial charge in [-0.25, -0.2) is 0 Å². The van der Waals surface area contributed by atoms with Gasteiger partial charge < -0.3 is 15.2 Å². The van der Waals surface area contributed by atoms with Crippen molar-refractivity contribution in [1.82, 2.24) is 5.32 Å². The standard InChI is InChI=1S/C14H19NO4/c1-14(2,9-8-12(16)17)15-13(18)10-6-4-5-7-11(10)19-3/h4-7H,8-9H2,1-3H3,(H,15,18)(H,16,17). The van der Waals surface area contributed by atoms with Crippen molar-refractivity contribution in [3.05, 3.63) is 29.8 Å². The highest BCUT2D eigenvalue weighted by Crippen LogP contribution is 2.19. The fraction of sp³-hybridized carbons (Fsp3) is 0.429. The number of benzene rings is 1. The van der Waals surface area contributed by atoms with Crippen molar-refractivity contribution in [1.29, 1.82) is 0 Å². The number of rotatable bonds is 6. The molecule has 1 aromatic carbocycles. The normalized spacial score (nSPS) is 10.9. The third-order valence-corrected chi connectivity index (χ3v) is 2.77. The number of methoxy groups -OCH3 is 1. The van der Waals surface area contributed by atoms with Crippen molar-refractivity contribution >= 4 is 11.9 Å². The third-order valence-electron chi connectivity index (χ3n) is 2.77. The monoisotopic (exact) mass is 265 g/mol. The quantitative estimate of drug-likeness (QED) is 0.825. The molecule has 0 spiro atoms. The van der Waals surface area contributed by atoms with Crippen LogP contribution in [0.5, 0.6) is 5.75 Å². The summed E-state index contributed by atoms with van der Waals surface area (Å²) in [6.07, 6.45) is 0.377. The molecule has 1 amide bonds. The van der Waals surface area contributed by atoms with E-state index in [0.29, 0.717) is 17.7 Å². The molecule has 0 atom stereocenters. The number of aliphatic carboxylic acids is 1. The van der Waals surface area contributed by atoms with Crippen molar-refractivity contribution in [3.63, 3.8) is 0 Å². The van der Waals surface area contributed by atoms with Crippen molar-refractivity contribution in [3.8, 4) is 5.75 Å². The van der Waals surface area contributed by atoms with E-state index in [1.165, 1.54) is 7.11 Å². The van der Waals surface area contributed by atoms with E-state index >= 15 is 0 Å². The van der Waals surface area contributed by atoms with E-state index in [1.54, 1.807) is 38.1 Å². The molecule has 0 bridgehead atoms. The van der Waals surface area contributed by atoms with Crippen LogP contribution in [-0.4, -0.2) is 29.6 Å². The van der Waals surface area contributed by atoms with Gasteiger partial charge >= 0.3 is 5.97 Å². The number of nitrogens with one attached hydrogen (secondary N) is 1. The highest BCUT2D eigenvalue weighted by Gasteiger charge is 2.23. The molecular formula is C14H19NO4. The van der Waals surface area contributed by atoms with Gasteiger partial charge in [0.25, 0.3) is 5.91 Å².